The lowest BCUT2D eigenvalue weighted by molar-refractivity contribution is -0.143. The van der Waals surface area contributed by atoms with Crippen LogP contribution in [0.25, 0.3) is 0 Å². The maximum Gasteiger partial charge on any atom is 0.305 e. The highest BCUT2D eigenvalue weighted by Crippen LogP contribution is 2.33. The van der Waals surface area contributed by atoms with Gasteiger partial charge in [0.15, 0.2) is 0 Å². The summed E-state index contributed by atoms with van der Waals surface area (Å²) in [5.41, 5.74) is 1.48. The van der Waals surface area contributed by atoms with Crippen LogP contribution in [0.5, 0.6) is 0 Å². The summed E-state index contributed by atoms with van der Waals surface area (Å²) in [5.74, 6) is 1.65. The fraction of sp³-hybridized carbons (Fsp3) is 0.632. The number of esters is 1. The average molecular weight is 288 g/mol. The van der Waals surface area contributed by atoms with Crippen molar-refractivity contribution in [3.05, 3.63) is 35.9 Å². The molecule has 0 unspecified atom stereocenters. The molecule has 0 atom stereocenters. The molecule has 0 aliphatic heterocycles. The lowest BCUT2D eigenvalue weighted by Gasteiger charge is -2.28. The molecule has 0 spiro atoms. The smallest absolute Gasteiger partial charge is 0.305 e. The summed E-state index contributed by atoms with van der Waals surface area (Å²) < 4.78 is 4.98. The Labute approximate surface area is 128 Å². The van der Waals surface area contributed by atoms with Gasteiger partial charge in [-0.05, 0) is 56.4 Å². The summed E-state index contributed by atoms with van der Waals surface area (Å²) in [6.07, 6.45) is 9.37. The quantitative estimate of drug-likeness (QED) is 0.676. The van der Waals surface area contributed by atoms with Crippen LogP contribution in [0.2, 0.25) is 0 Å². The van der Waals surface area contributed by atoms with Crippen LogP contribution in [0.4, 0.5) is 0 Å². The third-order valence-electron chi connectivity index (χ3n) is 4.63. The van der Waals surface area contributed by atoms with Crippen LogP contribution < -0.4 is 0 Å². The number of benzene rings is 1. The molecule has 0 radical (unpaired) electrons. The second-order valence-electron chi connectivity index (χ2n) is 6.27. The van der Waals surface area contributed by atoms with Crippen molar-refractivity contribution in [3.63, 3.8) is 0 Å². The van der Waals surface area contributed by atoms with Crippen molar-refractivity contribution in [3.8, 4) is 0 Å². The maximum absolute atomic E-state index is 11.3. The first kappa shape index (κ1) is 16.1. The van der Waals surface area contributed by atoms with Gasteiger partial charge >= 0.3 is 5.97 Å². The molecule has 0 amide bonds. The van der Waals surface area contributed by atoms with Crippen LogP contribution in [0.3, 0.4) is 0 Å². The average Bonchev–Trinajstić information content (AvgIpc) is 2.50. The molecule has 1 aliphatic rings. The fourth-order valence-electron chi connectivity index (χ4n) is 3.44. The number of rotatable bonds is 7. The first-order valence-corrected chi connectivity index (χ1v) is 8.47. The zero-order valence-electron chi connectivity index (χ0n) is 13.2. The third kappa shape index (κ3) is 5.91. The predicted molar refractivity (Wildman–Crippen MR) is 86.1 cm³/mol. The topological polar surface area (TPSA) is 26.3 Å². The van der Waals surface area contributed by atoms with Crippen molar-refractivity contribution in [1.82, 2.24) is 0 Å². The molecule has 1 aromatic carbocycles. The maximum atomic E-state index is 11.3. The minimum Gasteiger partial charge on any atom is -0.466 e. The summed E-state index contributed by atoms with van der Waals surface area (Å²) in [6.45, 7) is 2.37. The van der Waals surface area contributed by atoms with Gasteiger partial charge in [0.2, 0.25) is 0 Å². The Morgan fingerprint density at radius 3 is 2.43 bits per heavy atom. The number of hydrogen-bond acceptors (Lipinski definition) is 2. The Balaban J connectivity index is 1.61. The van der Waals surface area contributed by atoms with Crippen LogP contribution in [0.15, 0.2) is 30.3 Å². The summed E-state index contributed by atoms with van der Waals surface area (Å²) >= 11 is 0. The van der Waals surface area contributed by atoms with E-state index in [1.54, 1.807) is 0 Å². The van der Waals surface area contributed by atoms with Crippen molar-refractivity contribution in [2.45, 2.75) is 58.3 Å². The Morgan fingerprint density at radius 1 is 1.10 bits per heavy atom. The van der Waals surface area contributed by atoms with Crippen molar-refractivity contribution in [2.75, 3.05) is 6.61 Å². The van der Waals surface area contributed by atoms with E-state index in [4.69, 9.17) is 4.74 Å². The molecular weight excluding hydrogens is 260 g/mol. The molecule has 1 aromatic rings. The highest BCUT2D eigenvalue weighted by atomic mass is 16.5. The van der Waals surface area contributed by atoms with E-state index in [-0.39, 0.29) is 5.97 Å². The van der Waals surface area contributed by atoms with Crippen LogP contribution in [-0.2, 0) is 16.0 Å². The van der Waals surface area contributed by atoms with Gasteiger partial charge in [0, 0.05) is 6.42 Å². The monoisotopic (exact) mass is 288 g/mol. The number of ether oxygens (including phenoxy) is 1. The summed E-state index contributed by atoms with van der Waals surface area (Å²) in [7, 11) is 0. The number of hydrogen-bond donors (Lipinski definition) is 0. The summed E-state index contributed by atoms with van der Waals surface area (Å²) in [5, 5.41) is 0. The Morgan fingerprint density at radius 2 is 1.76 bits per heavy atom. The molecule has 0 bridgehead atoms. The molecule has 0 N–H and O–H groups in total. The Hall–Kier alpha value is -1.31. The van der Waals surface area contributed by atoms with Gasteiger partial charge in [-0.2, -0.15) is 0 Å². The van der Waals surface area contributed by atoms with E-state index < -0.39 is 0 Å². The molecular formula is C19H28O2. The molecule has 2 heteroatoms. The molecule has 2 rings (SSSR count). The molecule has 0 saturated heterocycles. The van der Waals surface area contributed by atoms with E-state index >= 15 is 0 Å². The van der Waals surface area contributed by atoms with Gasteiger partial charge < -0.3 is 4.74 Å². The highest BCUT2D eigenvalue weighted by molar-refractivity contribution is 5.69. The first-order chi connectivity index (χ1) is 10.3. The van der Waals surface area contributed by atoms with Gasteiger partial charge in [-0.15, -0.1) is 0 Å². The number of carbonyl (C=O) groups excluding carboxylic acids is 1. The van der Waals surface area contributed by atoms with E-state index in [0.717, 1.165) is 18.3 Å². The molecule has 0 aromatic heterocycles. The van der Waals surface area contributed by atoms with Gasteiger partial charge in [-0.25, -0.2) is 0 Å². The van der Waals surface area contributed by atoms with Crippen LogP contribution in [0.1, 0.15) is 57.4 Å². The zero-order valence-corrected chi connectivity index (χ0v) is 13.2. The van der Waals surface area contributed by atoms with Crippen LogP contribution in [0, 0.1) is 11.8 Å². The SMILES string of the molecule is CCOC(=O)CCCC1CCC(Cc2ccccc2)CC1. The molecule has 21 heavy (non-hydrogen) atoms. The van der Waals surface area contributed by atoms with Crippen molar-refractivity contribution in [1.29, 1.82) is 0 Å². The van der Waals surface area contributed by atoms with Crippen LogP contribution >= 0.6 is 0 Å². The second kappa shape index (κ2) is 8.86. The second-order valence-corrected chi connectivity index (χ2v) is 6.27. The first-order valence-electron chi connectivity index (χ1n) is 8.47. The predicted octanol–water partition coefficient (Wildman–Crippen LogP) is 4.77. The van der Waals surface area contributed by atoms with Crippen LogP contribution in [-0.4, -0.2) is 12.6 Å². The van der Waals surface area contributed by atoms with Crippen molar-refractivity contribution in [2.24, 2.45) is 11.8 Å². The van der Waals surface area contributed by atoms with E-state index in [1.807, 2.05) is 6.92 Å². The Bertz CT molecular complexity index is 405. The lowest BCUT2D eigenvalue weighted by atomic mass is 9.77. The molecule has 116 valence electrons. The molecule has 2 nitrogen and oxygen atoms in total. The van der Waals surface area contributed by atoms with E-state index in [0.29, 0.717) is 13.0 Å². The van der Waals surface area contributed by atoms with Gasteiger partial charge in [-0.1, -0.05) is 43.2 Å². The molecule has 0 heterocycles. The van der Waals surface area contributed by atoms with Gasteiger partial charge in [0.1, 0.15) is 0 Å². The standard InChI is InChI=1S/C19H28O2/c1-2-21-19(20)10-6-9-16-11-13-18(14-12-16)15-17-7-4-3-5-8-17/h3-5,7-8,16,18H,2,6,9-15H2,1H3. The normalized spacial score (nSPS) is 22.0. The van der Waals surface area contributed by atoms with Crippen molar-refractivity contribution < 1.29 is 9.53 Å². The minimum atomic E-state index is -0.0322. The molecule has 1 fully saturated rings. The van der Waals surface area contributed by atoms with Gasteiger partial charge in [-0.3, -0.25) is 4.79 Å². The highest BCUT2D eigenvalue weighted by Gasteiger charge is 2.21. The van der Waals surface area contributed by atoms with Gasteiger partial charge in [0.25, 0.3) is 0 Å². The fourth-order valence-corrected chi connectivity index (χ4v) is 3.44. The third-order valence-corrected chi connectivity index (χ3v) is 4.63. The van der Waals surface area contributed by atoms with Crippen molar-refractivity contribution >= 4 is 5.97 Å². The Kier molecular flexibility index (Phi) is 6.78. The largest absolute Gasteiger partial charge is 0.466 e. The molecule has 1 saturated carbocycles. The van der Waals surface area contributed by atoms with E-state index in [2.05, 4.69) is 30.3 Å². The van der Waals surface area contributed by atoms with E-state index in [9.17, 15) is 4.79 Å². The van der Waals surface area contributed by atoms with Gasteiger partial charge in [0.05, 0.1) is 6.61 Å². The lowest BCUT2D eigenvalue weighted by Crippen LogP contribution is -2.16. The summed E-state index contributed by atoms with van der Waals surface area (Å²) in [4.78, 5) is 11.3. The number of carbonyl (C=O) groups is 1. The van der Waals surface area contributed by atoms with E-state index in [1.165, 1.54) is 44.1 Å². The zero-order chi connectivity index (χ0) is 14.9. The minimum absolute atomic E-state index is 0.0322. The summed E-state index contributed by atoms with van der Waals surface area (Å²) in [6, 6.07) is 10.8. The molecule has 1 aliphatic carbocycles.